The van der Waals surface area contributed by atoms with Crippen molar-refractivity contribution in [1.82, 2.24) is 10.0 Å². The van der Waals surface area contributed by atoms with Crippen LogP contribution in [0.15, 0.2) is 0 Å². The summed E-state index contributed by atoms with van der Waals surface area (Å²) in [5, 5.41) is 3.23. The zero-order chi connectivity index (χ0) is 13.9. The van der Waals surface area contributed by atoms with Crippen molar-refractivity contribution in [3.05, 3.63) is 0 Å². The molecule has 0 spiro atoms. The van der Waals surface area contributed by atoms with Crippen molar-refractivity contribution in [3.8, 4) is 0 Å². The molecule has 0 bridgehead atoms. The van der Waals surface area contributed by atoms with Gasteiger partial charge in [0.1, 0.15) is 0 Å². The van der Waals surface area contributed by atoms with Crippen LogP contribution in [0.2, 0.25) is 0 Å². The lowest BCUT2D eigenvalue weighted by atomic mass is 10.1. The van der Waals surface area contributed by atoms with E-state index in [1.807, 2.05) is 0 Å². The van der Waals surface area contributed by atoms with E-state index in [0.717, 1.165) is 13.0 Å². The third kappa shape index (κ3) is 5.02. The van der Waals surface area contributed by atoms with Crippen molar-refractivity contribution in [1.29, 1.82) is 0 Å². The second-order valence-electron chi connectivity index (χ2n) is 5.97. The highest BCUT2D eigenvalue weighted by Gasteiger charge is 2.41. The molecule has 0 amide bonds. The Balaban J connectivity index is 1.73. The van der Waals surface area contributed by atoms with E-state index in [2.05, 4.69) is 23.9 Å². The largest absolute Gasteiger partial charge is 0.376 e. The first-order valence-electron chi connectivity index (χ1n) is 7.33. The highest BCUT2D eigenvalue weighted by Crippen LogP contribution is 2.38. The summed E-state index contributed by atoms with van der Waals surface area (Å²) in [6.45, 7) is 5.54. The molecule has 1 aliphatic heterocycles. The van der Waals surface area contributed by atoms with E-state index in [1.54, 1.807) is 0 Å². The highest BCUT2D eigenvalue weighted by atomic mass is 32.2. The molecule has 19 heavy (non-hydrogen) atoms. The van der Waals surface area contributed by atoms with E-state index in [-0.39, 0.29) is 17.9 Å². The molecule has 5 nitrogen and oxygen atoms in total. The summed E-state index contributed by atoms with van der Waals surface area (Å²) in [4.78, 5) is 0. The first-order valence-corrected chi connectivity index (χ1v) is 8.98. The van der Waals surface area contributed by atoms with Gasteiger partial charge in [0, 0.05) is 12.6 Å². The van der Waals surface area contributed by atoms with Gasteiger partial charge in [-0.2, -0.15) is 0 Å². The van der Waals surface area contributed by atoms with Gasteiger partial charge >= 0.3 is 0 Å². The van der Waals surface area contributed by atoms with Crippen LogP contribution in [0.1, 0.15) is 39.5 Å². The van der Waals surface area contributed by atoms with Gasteiger partial charge < -0.3 is 10.1 Å². The maximum absolute atomic E-state index is 12.0. The van der Waals surface area contributed by atoms with Gasteiger partial charge in [-0.15, -0.1) is 0 Å². The van der Waals surface area contributed by atoms with Gasteiger partial charge in [-0.1, -0.05) is 13.8 Å². The van der Waals surface area contributed by atoms with Crippen molar-refractivity contribution in [3.63, 3.8) is 0 Å². The molecule has 0 aromatic carbocycles. The minimum Gasteiger partial charge on any atom is -0.376 e. The monoisotopic (exact) mass is 290 g/mol. The Morgan fingerprint density at radius 3 is 2.63 bits per heavy atom. The van der Waals surface area contributed by atoms with Gasteiger partial charge in [0.15, 0.2) is 0 Å². The molecule has 1 heterocycles. The first kappa shape index (κ1) is 15.2. The molecule has 0 aromatic heterocycles. The minimum absolute atomic E-state index is 0.00411. The van der Waals surface area contributed by atoms with Gasteiger partial charge in [-0.05, 0) is 38.1 Å². The predicted molar refractivity (Wildman–Crippen MR) is 75.5 cm³/mol. The van der Waals surface area contributed by atoms with Crippen LogP contribution >= 0.6 is 0 Å². The summed E-state index contributed by atoms with van der Waals surface area (Å²) in [6.07, 6.45) is 3.94. The summed E-state index contributed by atoms with van der Waals surface area (Å²) in [5.41, 5.74) is 0. The van der Waals surface area contributed by atoms with Gasteiger partial charge in [0.2, 0.25) is 10.0 Å². The molecule has 2 rings (SSSR count). The van der Waals surface area contributed by atoms with Gasteiger partial charge in [-0.3, -0.25) is 0 Å². The third-order valence-electron chi connectivity index (χ3n) is 3.70. The molecule has 1 saturated carbocycles. The van der Waals surface area contributed by atoms with E-state index in [1.165, 1.54) is 12.8 Å². The van der Waals surface area contributed by atoms with Crippen LogP contribution in [0.3, 0.4) is 0 Å². The van der Waals surface area contributed by atoms with Gasteiger partial charge in [0.05, 0.1) is 17.9 Å². The maximum Gasteiger partial charge on any atom is 0.211 e. The van der Waals surface area contributed by atoms with Gasteiger partial charge in [-0.25, -0.2) is 13.1 Å². The number of ether oxygens (including phenoxy) is 1. The standard InChI is InChI=1S/C13H26N2O3S/c1-10(2)14-7-3-9-19(16,17)15-12-6-8-18-13(12)11-4-5-11/h10-15H,3-9H2,1-2H3. The average Bonchev–Trinajstić information content (AvgIpc) is 3.06. The number of sulfonamides is 1. The normalized spacial score (nSPS) is 28.2. The zero-order valence-corrected chi connectivity index (χ0v) is 12.7. The second-order valence-corrected chi connectivity index (χ2v) is 7.84. The molecule has 112 valence electrons. The maximum atomic E-state index is 12.0. The van der Waals surface area contributed by atoms with E-state index < -0.39 is 10.0 Å². The zero-order valence-electron chi connectivity index (χ0n) is 11.9. The molecule has 2 fully saturated rings. The van der Waals surface area contributed by atoms with E-state index in [4.69, 9.17) is 4.74 Å². The van der Waals surface area contributed by atoms with Crippen LogP contribution in [0.5, 0.6) is 0 Å². The topological polar surface area (TPSA) is 67.4 Å². The number of hydrogen-bond donors (Lipinski definition) is 2. The van der Waals surface area contributed by atoms with E-state index >= 15 is 0 Å². The predicted octanol–water partition coefficient (Wildman–Crippen LogP) is 0.861. The smallest absolute Gasteiger partial charge is 0.211 e. The van der Waals surface area contributed by atoms with Crippen LogP contribution in [0.25, 0.3) is 0 Å². The Morgan fingerprint density at radius 1 is 1.26 bits per heavy atom. The minimum atomic E-state index is -3.17. The molecule has 2 N–H and O–H groups in total. The molecule has 0 radical (unpaired) electrons. The lowest BCUT2D eigenvalue weighted by molar-refractivity contribution is 0.0848. The Kier molecular flexibility index (Phi) is 5.22. The summed E-state index contributed by atoms with van der Waals surface area (Å²) in [7, 11) is -3.17. The average molecular weight is 290 g/mol. The first-order chi connectivity index (χ1) is 8.98. The van der Waals surface area contributed by atoms with E-state index in [0.29, 0.717) is 25.0 Å². The Morgan fingerprint density at radius 2 is 2.00 bits per heavy atom. The molecule has 2 aliphatic rings. The molecule has 6 heteroatoms. The van der Waals surface area contributed by atoms with Crippen LogP contribution < -0.4 is 10.0 Å². The summed E-state index contributed by atoms with van der Waals surface area (Å²) < 4.78 is 32.5. The molecule has 1 saturated heterocycles. The SMILES string of the molecule is CC(C)NCCCS(=O)(=O)NC1CCOC1C1CC1. The summed E-state index contributed by atoms with van der Waals surface area (Å²) in [6, 6.07) is 0.397. The van der Waals surface area contributed by atoms with Crippen LogP contribution in [-0.4, -0.2) is 45.5 Å². The fourth-order valence-electron chi connectivity index (χ4n) is 2.57. The molecular weight excluding hydrogens is 264 g/mol. The Hall–Kier alpha value is -0.170. The third-order valence-corrected chi connectivity index (χ3v) is 5.18. The summed E-state index contributed by atoms with van der Waals surface area (Å²) >= 11 is 0. The van der Waals surface area contributed by atoms with Crippen molar-refractivity contribution in [2.24, 2.45) is 5.92 Å². The quantitative estimate of drug-likeness (QED) is 0.651. The molecular formula is C13H26N2O3S. The lowest BCUT2D eigenvalue weighted by Crippen LogP contribution is -2.42. The number of rotatable bonds is 8. The van der Waals surface area contributed by atoms with Gasteiger partial charge in [0.25, 0.3) is 0 Å². The van der Waals surface area contributed by atoms with Crippen LogP contribution in [0.4, 0.5) is 0 Å². The molecule has 2 unspecified atom stereocenters. The fraction of sp³-hybridized carbons (Fsp3) is 1.00. The molecule has 1 aliphatic carbocycles. The van der Waals surface area contributed by atoms with Crippen molar-refractivity contribution in [2.75, 3.05) is 18.9 Å². The highest BCUT2D eigenvalue weighted by molar-refractivity contribution is 7.89. The Labute approximate surface area is 116 Å². The van der Waals surface area contributed by atoms with Crippen molar-refractivity contribution in [2.45, 2.75) is 57.7 Å². The fourth-order valence-corrected chi connectivity index (χ4v) is 3.92. The lowest BCUT2D eigenvalue weighted by Gasteiger charge is -2.19. The van der Waals surface area contributed by atoms with Crippen LogP contribution in [-0.2, 0) is 14.8 Å². The summed E-state index contributed by atoms with van der Waals surface area (Å²) in [5.74, 6) is 0.776. The molecule has 2 atom stereocenters. The van der Waals surface area contributed by atoms with E-state index in [9.17, 15) is 8.42 Å². The number of hydrogen-bond acceptors (Lipinski definition) is 4. The number of nitrogens with one attached hydrogen (secondary N) is 2. The Bertz CT molecular complexity index is 379. The van der Waals surface area contributed by atoms with Crippen molar-refractivity contribution >= 4 is 10.0 Å². The van der Waals surface area contributed by atoms with Crippen LogP contribution in [0, 0.1) is 5.92 Å². The second kappa shape index (κ2) is 6.52. The molecule has 0 aromatic rings. The van der Waals surface area contributed by atoms with Crippen molar-refractivity contribution < 1.29 is 13.2 Å².